The topological polar surface area (TPSA) is 54.8 Å². The molecule has 0 radical (unpaired) electrons. The zero-order chi connectivity index (χ0) is 23.0. The van der Waals surface area contributed by atoms with Crippen molar-refractivity contribution in [2.45, 2.75) is 44.6 Å². The van der Waals surface area contributed by atoms with E-state index in [-0.39, 0.29) is 5.92 Å². The number of likely N-dealkylation sites (N-methyl/N-ethyl adjacent to an activating group) is 1. The lowest BCUT2D eigenvalue weighted by molar-refractivity contribution is 0.148. The van der Waals surface area contributed by atoms with Crippen molar-refractivity contribution in [3.63, 3.8) is 0 Å². The molecule has 1 fully saturated rings. The van der Waals surface area contributed by atoms with Gasteiger partial charge in [0.2, 0.25) is 0 Å². The van der Waals surface area contributed by atoms with E-state index in [2.05, 4.69) is 37.6 Å². The monoisotopic (exact) mass is 457 g/mol. The molecule has 1 aromatic carbocycles. The molecule has 174 valence electrons. The number of piperazine rings is 1. The number of ether oxygens (including phenoxy) is 1. The molecule has 2 aromatic rings. The minimum Gasteiger partial charge on any atom is -0.501 e. The highest BCUT2D eigenvalue weighted by Crippen LogP contribution is 2.35. The number of hydrogen-bond donors (Lipinski definition) is 0. The van der Waals surface area contributed by atoms with Crippen molar-refractivity contribution >= 4 is 16.1 Å². The summed E-state index contributed by atoms with van der Waals surface area (Å²) in [6.45, 7) is 11.1. The number of methoxy groups -OCH3 is 1. The van der Waals surface area contributed by atoms with Crippen LogP contribution in [0.5, 0.6) is 0 Å². The molecule has 1 aliphatic carbocycles. The van der Waals surface area contributed by atoms with Crippen LogP contribution in [-0.2, 0) is 27.7 Å². The quantitative estimate of drug-likeness (QED) is 0.661. The predicted molar refractivity (Wildman–Crippen MR) is 128 cm³/mol. The maximum absolute atomic E-state index is 13.7. The van der Waals surface area contributed by atoms with Gasteiger partial charge in [-0.2, -0.15) is 0 Å². The maximum Gasteiger partial charge on any atom is 0.267 e. The lowest BCUT2D eigenvalue weighted by Crippen LogP contribution is -2.43. The van der Waals surface area contributed by atoms with E-state index in [1.807, 2.05) is 24.4 Å². The zero-order valence-corrected chi connectivity index (χ0v) is 20.7. The average Bonchev–Trinajstić information content (AvgIpc) is 3.12. The Bertz CT molecular complexity index is 1090. The summed E-state index contributed by atoms with van der Waals surface area (Å²) in [5.41, 5.74) is 4.04. The van der Waals surface area contributed by atoms with Crippen LogP contribution in [0.1, 0.15) is 49.1 Å². The largest absolute Gasteiger partial charge is 0.501 e. The van der Waals surface area contributed by atoms with Gasteiger partial charge in [0, 0.05) is 56.1 Å². The van der Waals surface area contributed by atoms with Gasteiger partial charge in [-0.1, -0.05) is 32.9 Å². The van der Waals surface area contributed by atoms with Gasteiger partial charge in [-0.05, 0) is 48.7 Å². The molecule has 1 saturated heterocycles. The third kappa shape index (κ3) is 4.38. The Morgan fingerprint density at radius 1 is 1.09 bits per heavy atom. The van der Waals surface area contributed by atoms with Crippen molar-refractivity contribution < 1.29 is 13.2 Å². The van der Waals surface area contributed by atoms with Gasteiger partial charge in [0.15, 0.2) is 0 Å². The van der Waals surface area contributed by atoms with Crippen molar-refractivity contribution in [1.29, 1.82) is 0 Å². The molecule has 0 N–H and O–H groups in total. The third-order valence-electron chi connectivity index (χ3n) is 6.80. The lowest BCUT2D eigenvalue weighted by Gasteiger charge is -2.32. The molecule has 2 heterocycles. The van der Waals surface area contributed by atoms with Gasteiger partial charge in [-0.25, -0.2) is 12.4 Å². The van der Waals surface area contributed by atoms with Gasteiger partial charge < -0.3 is 9.64 Å². The summed E-state index contributed by atoms with van der Waals surface area (Å²) in [6, 6.07) is 7.31. The molecule has 1 aliphatic heterocycles. The Balaban J connectivity index is 1.75. The second-order valence-corrected chi connectivity index (χ2v) is 11.3. The molecule has 0 saturated carbocycles. The smallest absolute Gasteiger partial charge is 0.267 e. The summed E-state index contributed by atoms with van der Waals surface area (Å²) >= 11 is 0. The molecule has 0 amide bonds. The number of fused-ring (bicyclic) bond motifs is 1. The van der Waals surface area contributed by atoms with Crippen LogP contribution in [0.15, 0.2) is 41.1 Å². The average molecular weight is 458 g/mol. The van der Waals surface area contributed by atoms with Crippen LogP contribution in [0.2, 0.25) is 0 Å². The van der Waals surface area contributed by atoms with Gasteiger partial charge in [0.25, 0.3) is 10.0 Å². The Hall–Kier alpha value is -2.09. The number of benzene rings is 1. The van der Waals surface area contributed by atoms with Gasteiger partial charge in [0.05, 0.1) is 17.8 Å². The van der Waals surface area contributed by atoms with Crippen molar-refractivity contribution in [3.8, 4) is 0 Å². The molecule has 1 atom stereocenters. The minimum atomic E-state index is -3.68. The highest BCUT2D eigenvalue weighted by molar-refractivity contribution is 7.90. The first-order valence-corrected chi connectivity index (χ1v) is 12.9. The second-order valence-electron chi connectivity index (χ2n) is 9.47. The Kier molecular flexibility index (Phi) is 6.52. The van der Waals surface area contributed by atoms with E-state index >= 15 is 0 Å². The lowest BCUT2D eigenvalue weighted by atomic mass is 9.92. The fourth-order valence-electron chi connectivity index (χ4n) is 4.63. The second kappa shape index (κ2) is 9.04. The van der Waals surface area contributed by atoms with E-state index in [0.717, 1.165) is 60.9 Å². The Morgan fingerprint density at radius 3 is 2.34 bits per heavy atom. The molecule has 7 heteroatoms. The van der Waals surface area contributed by atoms with Crippen LogP contribution < -0.4 is 0 Å². The maximum atomic E-state index is 13.7. The van der Waals surface area contributed by atoms with Crippen molar-refractivity contribution in [1.82, 2.24) is 13.8 Å². The molecular formula is C25H35N3O3S. The van der Waals surface area contributed by atoms with Crippen LogP contribution in [0.25, 0.3) is 6.08 Å². The number of allylic oxidation sites excluding steroid dienone is 1. The van der Waals surface area contributed by atoms with E-state index in [4.69, 9.17) is 4.74 Å². The van der Waals surface area contributed by atoms with Crippen molar-refractivity contribution in [3.05, 3.63) is 58.6 Å². The number of aromatic nitrogens is 1. The van der Waals surface area contributed by atoms with E-state index in [1.54, 1.807) is 19.2 Å². The fraction of sp³-hybridized carbons (Fsp3) is 0.520. The molecule has 0 bridgehead atoms. The molecule has 6 nitrogen and oxygen atoms in total. The van der Waals surface area contributed by atoms with E-state index in [9.17, 15) is 8.42 Å². The molecule has 1 aromatic heterocycles. The van der Waals surface area contributed by atoms with Crippen LogP contribution in [0.3, 0.4) is 0 Å². The standard InChI is InChI=1S/C25H35N3O3S/c1-18(2)20-6-8-22(9-7-20)32(29,30)28-17-21(16-27-12-10-26(4)11-13-27)23-15-25(31-5)19(3)14-24(23)28/h6-9,15,17-19H,10-14,16H2,1-5H3. The molecular weight excluding hydrogens is 422 g/mol. The fourth-order valence-corrected chi connectivity index (χ4v) is 6.07. The molecule has 1 unspecified atom stereocenters. The summed E-state index contributed by atoms with van der Waals surface area (Å²) in [5, 5.41) is 0. The Morgan fingerprint density at radius 2 is 1.75 bits per heavy atom. The number of hydrogen-bond acceptors (Lipinski definition) is 5. The molecule has 4 rings (SSSR count). The summed E-state index contributed by atoms with van der Waals surface area (Å²) in [5.74, 6) is 1.41. The molecule has 32 heavy (non-hydrogen) atoms. The zero-order valence-electron chi connectivity index (χ0n) is 19.8. The van der Waals surface area contributed by atoms with Crippen LogP contribution >= 0.6 is 0 Å². The number of nitrogens with zero attached hydrogens (tertiary/aromatic N) is 3. The van der Waals surface area contributed by atoms with Crippen LogP contribution in [0, 0.1) is 5.92 Å². The summed E-state index contributed by atoms with van der Waals surface area (Å²) in [4.78, 5) is 5.06. The first-order chi connectivity index (χ1) is 15.2. The van der Waals surface area contributed by atoms with Crippen LogP contribution in [-0.4, -0.2) is 62.5 Å². The number of rotatable bonds is 6. The predicted octanol–water partition coefficient (Wildman–Crippen LogP) is 3.78. The summed E-state index contributed by atoms with van der Waals surface area (Å²) in [6.07, 6.45) is 4.53. The third-order valence-corrected chi connectivity index (χ3v) is 8.51. The SMILES string of the molecule is COC1=Cc2c(CN3CCN(C)CC3)cn(S(=O)(=O)c3ccc(C(C)C)cc3)c2CC1C. The highest BCUT2D eigenvalue weighted by Gasteiger charge is 2.30. The van der Waals surface area contributed by atoms with E-state index in [0.29, 0.717) is 17.2 Å². The summed E-state index contributed by atoms with van der Waals surface area (Å²) in [7, 11) is 0.153. The first kappa shape index (κ1) is 23.1. The normalized spacial score (nSPS) is 20.3. The van der Waals surface area contributed by atoms with E-state index < -0.39 is 10.0 Å². The summed E-state index contributed by atoms with van der Waals surface area (Å²) < 4.78 is 34.5. The Labute approximate surface area is 192 Å². The van der Waals surface area contributed by atoms with Crippen molar-refractivity contribution in [2.24, 2.45) is 5.92 Å². The van der Waals surface area contributed by atoms with Gasteiger partial charge in [-0.15, -0.1) is 0 Å². The van der Waals surface area contributed by atoms with Gasteiger partial charge in [0.1, 0.15) is 0 Å². The molecule has 0 spiro atoms. The van der Waals surface area contributed by atoms with Gasteiger partial charge >= 0.3 is 0 Å². The van der Waals surface area contributed by atoms with Crippen molar-refractivity contribution in [2.75, 3.05) is 40.3 Å². The molecule has 2 aliphatic rings. The highest BCUT2D eigenvalue weighted by atomic mass is 32.2. The van der Waals surface area contributed by atoms with Crippen LogP contribution in [0.4, 0.5) is 0 Å². The first-order valence-electron chi connectivity index (χ1n) is 11.5. The van der Waals surface area contributed by atoms with E-state index in [1.165, 1.54) is 3.97 Å². The minimum absolute atomic E-state index is 0.135. The van der Waals surface area contributed by atoms with Gasteiger partial charge in [-0.3, -0.25) is 4.90 Å².